The maximum absolute atomic E-state index is 12.9. The largest absolute Gasteiger partial charge is 0.495 e. The van der Waals surface area contributed by atoms with Crippen molar-refractivity contribution >= 4 is 54.8 Å². The number of hydrogen-bond acceptors (Lipinski definition) is 4. The molecule has 0 unspecified atom stereocenters. The molecule has 0 heterocycles. The minimum absolute atomic E-state index is 0.111. The summed E-state index contributed by atoms with van der Waals surface area (Å²) < 4.78 is 34.3. The van der Waals surface area contributed by atoms with E-state index in [0.29, 0.717) is 10.7 Å². The third-order valence-electron chi connectivity index (χ3n) is 3.93. The van der Waals surface area contributed by atoms with Crippen molar-refractivity contribution in [3.8, 4) is 5.75 Å². The summed E-state index contributed by atoms with van der Waals surface area (Å²) in [5.41, 5.74) is 0.954. The van der Waals surface area contributed by atoms with E-state index >= 15 is 0 Å². The lowest BCUT2D eigenvalue weighted by Gasteiger charge is -2.14. The Morgan fingerprint density at radius 2 is 1.66 bits per heavy atom. The lowest BCUT2D eigenvalue weighted by Crippen LogP contribution is -2.16. The first kappa shape index (κ1) is 21.2. The average molecular weight is 496 g/mol. The van der Waals surface area contributed by atoms with E-state index in [1.54, 1.807) is 54.6 Å². The van der Waals surface area contributed by atoms with Crippen molar-refractivity contribution in [1.29, 1.82) is 0 Å². The molecule has 2 N–H and O–H groups in total. The molecular weight excluding hydrogens is 480 g/mol. The molecule has 29 heavy (non-hydrogen) atoms. The third kappa shape index (κ3) is 5.09. The van der Waals surface area contributed by atoms with Gasteiger partial charge in [0.2, 0.25) is 0 Å². The van der Waals surface area contributed by atoms with Crippen molar-refractivity contribution in [1.82, 2.24) is 0 Å². The average Bonchev–Trinajstić information content (AvgIpc) is 2.70. The monoisotopic (exact) mass is 494 g/mol. The highest BCUT2D eigenvalue weighted by atomic mass is 79.9. The van der Waals surface area contributed by atoms with Gasteiger partial charge in [0.05, 0.1) is 17.7 Å². The summed E-state index contributed by atoms with van der Waals surface area (Å²) in [6, 6.07) is 17.6. The molecular formula is C20H16BrClN2O4S. The van der Waals surface area contributed by atoms with Crippen LogP contribution in [0.4, 0.5) is 11.4 Å². The second kappa shape index (κ2) is 8.86. The van der Waals surface area contributed by atoms with Gasteiger partial charge in [0.15, 0.2) is 0 Å². The summed E-state index contributed by atoms with van der Waals surface area (Å²) in [4.78, 5) is 12.4. The third-order valence-corrected chi connectivity index (χ3v) is 6.19. The maximum atomic E-state index is 12.9. The van der Waals surface area contributed by atoms with Crippen molar-refractivity contribution in [2.45, 2.75) is 4.90 Å². The summed E-state index contributed by atoms with van der Waals surface area (Å²) in [6.07, 6.45) is 0. The standard InChI is InChI=1S/C20H16BrClN2O4S/c1-28-18-11-10-15(23-20(25)16-4-2-3-5-17(16)22)12-19(18)29(26,27)24-14-8-6-13(21)7-9-14/h2-12,24H,1H3,(H,23,25). The van der Waals surface area contributed by atoms with Gasteiger partial charge in [-0.15, -0.1) is 0 Å². The Kier molecular flexibility index (Phi) is 6.46. The zero-order valence-corrected chi connectivity index (χ0v) is 18.3. The molecule has 150 valence electrons. The summed E-state index contributed by atoms with van der Waals surface area (Å²) in [7, 11) is -2.60. The molecule has 0 aromatic heterocycles. The van der Waals surface area contributed by atoms with Gasteiger partial charge in [-0.2, -0.15) is 0 Å². The van der Waals surface area contributed by atoms with Crippen LogP contribution in [0.15, 0.2) is 76.1 Å². The molecule has 1 amide bonds. The highest BCUT2D eigenvalue weighted by Crippen LogP contribution is 2.29. The molecule has 0 aliphatic rings. The van der Waals surface area contributed by atoms with Gasteiger partial charge in [0, 0.05) is 15.8 Å². The van der Waals surface area contributed by atoms with E-state index in [0.717, 1.165) is 4.47 Å². The molecule has 3 rings (SSSR count). The first-order valence-electron chi connectivity index (χ1n) is 8.32. The van der Waals surface area contributed by atoms with Crippen LogP contribution in [0.5, 0.6) is 5.75 Å². The molecule has 0 bridgehead atoms. The van der Waals surface area contributed by atoms with Crippen LogP contribution in [0.1, 0.15) is 10.4 Å². The Morgan fingerprint density at radius 3 is 2.31 bits per heavy atom. The predicted octanol–water partition coefficient (Wildman–Crippen LogP) is 5.16. The van der Waals surface area contributed by atoms with Crippen LogP contribution in [0.25, 0.3) is 0 Å². The number of sulfonamides is 1. The molecule has 0 aliphatic carbocycles. The minimum atomic E-state index is -3.97. The number of methoxy groups -OCH3 is 1. The molecule has 0 spiro atoms. The van der Waals surface area contributed by atoms with Crippen LogP contribution in [0.2, 0.25) is 5.02 Å². The highest BCUT2D eigenvalue weighted by molar-refractivity contribution is 9.10. The minimum Gasteiger partial charge on any atom is -0.495 e. The molecule has 3 aromatic carbocycles. The number of ether oxygens (including phenoxy) is 1. The van der Waals surface area contributed by atoms with Gasteiger partial charge in [0.25, 0.3) is 15.9 Å². The van der Waals surface area contributed by atoms with Crippen LogP contribution in [-0.2, 0) is 10.0 Å². The van der Waals surface area contributed by atoms with Crippen molar-refractivity contribution in [2.75, 3.05) is 17.1 Å². The van der Waals surface area contributed by atoms with Crippen LogP contribution in [-0.4, -0.2) is 21.4 Å². The van der Waals surface area contributed by atoms with E-state index in [1.807, 2.05) is 0 Å². The van der Waals surface area contributed by atoms with E-state index in [9.17, 15) is 13.2 Å². The maximum Gasteiger partial charge on any atom is 0.265 e. The second-order valence-electron chi connectivity index (χ2n) is 5.91. The van der Waals surface area contributed by atoms with Crippen molar-refractivity contribution in [2.24, 2.45) is 0 Å². The Hall–Kier alpha value is -2.55. The number of anilines is 2. The Balaban J connectivity index is 1.91. The van der Waals surface area contributed by atoms with E-state index in [2.05, 4.69) is 26.0 Å². The van der Waals surface area contributed by atoms with E-state index in [4.69, 9.17) is 16.3 Å². The molecule has 0 aliphatic heterocycles. The van der Waals surface area contributed by atoms with Crippen LogP contribution >= 0.6 is 27.5 Å². The van der Waals surface area contributed by atoms with Gasteiger partial charge in [-0.05, 0) is 54.6 Å². The predicted molar refractivity (Wildman–Crippen MR) is 117 cm³/mol. The summed E-state index contributed by atoms with van der Waals surface area (Å²) in [5.74, 6) is -0.310. The summed E-state index contributed by atoms with van der Waals surface area (Å²) in [6.45, 7) is 0. The van der Waals surface area contributed by atoms with Crippen LogP contribution in [0, 0.1) is 0 Å². The van der Waals surface area contributed by atoms with Crippen molar-refractivity contribution < 1.29 is 17.9 Å². The molecule has 3 aromatic rings. The lowest BCUT2D eigenvalue weighted by molar-refractivity contribution is 0.102. The Bertz CT molecular complexity index is 1150. The SMILES string of the molecule is COc1ccc(NC(=O)c2ccccc2Cl)cc1S(=O)(=O)Nc1ccc(Br)cc1. The number of carbonyl (C=O) groups is 1. The van der Waals surface area contributed by atoms with Crippen LogP contribution < -0.4 is 14.8 Å². The molecule has 0 fully saturated rings. The molecule has 0 atom stereocenters. The quantitative estimate of drug-likeness (QED) is 0.494. The lowest BCUT2D eigenvalue weighted by atomic mass is 10.2. The molecule has 0 saturated heterocycles. The number of benzene rings is 3. The number of rotatable bonds is 6. The van der Waals surface area contributed by atoms with Gasteiger partial charge in [-0.3, -0.25) is 9.52 Å². The van der Waals surface area contributed by atoms with Gasteiger partial charge in [-0.1, -0.05) is 39.7 Å². The molecule has 0 radical (unpaired) electrons. The van der Waals surface area contributed by atoms with Gasteiger partial charge in [0.1, 0.15) is 10.6 Å². The fraction of sp³-hybridized carbons (Fsp3) is 0.0500. The van der Waals surface area contributed by atoms with Gasteiger partial charge in [-0.25, -0.2) is 8.42 Å². The first-order valence-corrected chi connectivity index (χ1v) is 11.0. The fourth-order valence-electron chi connectivity index (χ4n) is 2.54. The topological polar surface area (TPSA) is 84.5 Å². The number of nitrogens with one attached hydrogen (secondary N) is 2. The van der Waals surface area contributed by atoms with E-state index in [-0.39, 0.29) is 21.9 Å². The second-order valence-corrected chi connectivity index (χ2v) is 8.89. The first-order chi connectivity index (χ1) is 13.8. The summed E-state index contributed by atoms with van der Waals surface area (Å²) in [5, 5.41) is 2.95. The molecule has 9 heteroatoms. The number of hydrogen-bond donors (Lipinski definition) is 2. The molecule has 6 nitrogen and oxygen atoms in total. The Morgan fingerprint density at radius 1 is 1.00 bits per heavy atom. The van der Waals surface area contributed by atoms with Crippen molar-refractivity contribution in [3.05, 3.63) is 81.8 Å². The van der Waals surface area contributed by atoms with Crippen LogP contribution in [0.3, 0.4) is 0 Å². The number of carbonyl (C=O) groups excluding carboxylic acids is 1. The molecule has 0 saturated carbocycles. The smallest absolute Gasteiger partial charge is 0.265 e. The Labute approximate surface area is 182 Å². The van der Waals surface area contributed by atoms with Gasteiger partial charge < -0.3 is 10.1 Å². The highest BCUT2D eigenvalue weighted by Gasteiger charge is 2.21. The van der Waals surface area contributed by atoms with E-state index < -0.39 is 15.9 Å². The zero-order chi connectivity index (χ0) is 21.0. The fourth-order valence-corrected chi connectivity index (χ4v) is 4.28. The van der Waals surface area contributed by atoms with Gasteiger partial charge >= 0.3 is 0 Å². The number of halogens is 2. The normalized spacial score (nSPS) is 11.0. The van der Waals surface area contributed by atoms with E-state index in [1.165, 1.54) is 19.2 Å². The zero-order valence-electron chi connectivity index (χ0n) is 15.1. The number of amides is 1. The summed E-state index contributed by atoms with van der Waals surface area (Å²) >= 11 is 9.35. The van der Waals surface area contributed by atoms with Crippen molar-refractivity contribution in [3.63, 3.8) is 0 Å².